The van der Waals surface area contributed by atoms with E-state index in [1.54, 1.807) is 0 Å². The van der Waals surface area contributed by atoms with Gasteiger partial charge in [0.2, 0.25) is 0 Å². The Hall–Kier alpha value is -2.29. The molecular weight excluding hydrogens is 435 g/mol. The summed E-state index contributed by atoms with van der Waals surface area (Å²) in [4.78, 5) is 0. The first-order valence-corrected chi connectivity index (χ1v) is 12.5. The lowest BCUT2D eigenvalue weighted by Crippen LogP contribution is -2.15. The first kappa shape index (κ1) is 28.0. The average molecular weight is 473 g/mol. The van der Waals surface area contributed by atoms with Gasteiger partial charge in [-0.2, -0.15) is 13.2 Å². The molecule has 0 saturated heterocycles. The molecule has 0 unspecified atom stereocenters. The van der Waals surface area contributed by atoms with Crippen LogP contribution in [0.15, 0.2) is 48.5 Å². The molecule has 0 atom stereocenters. The summed E-state index contributed by atoms with van der Waals surface area (Å²) in [5.74, 6) is 6.41. The van der Waals surface area contributed by atoms with E-state index < -0.39 is 11.7 Å². The van der Waals surface area contributed by atoms with E-state index >= 15 is 0 Å². The van der Waals surface area contributed by atoms with Gasteiger partial charge in [-0.25, -0.2) is 0 Å². The molecule has 0 radical (unpaired) electrons. The predicted molar refractivity (Wildman–Crippen MR) is 134 cm³/mol. The van der Waals surface area contributed by atoms with Crippen LogP contribution in [0.2, 0.25) is 0 Å². The summed E-state index contributed by atoms with van der Waals surface area (Å²) < 4.78 is 37.9. The van der Waals surface area contributed by atoms with Crippen LogP contribution in [-0.4, -0.2) is 5.06 Å². The van der Waals surface area contributed by atoms with E-state index in [0.717, 1.165) is 41.2 Å². The Kier molecular flexibility index (Phi) is 12.8. The zero-order chi connectivity index (χ0) is 24.7. The van der Waals surface area contributed by atoms with E-state index in [-0.39, 0.29) is 13.1 Å². The molecule has 0 N–H and O–H groups in total. The number of hydroxylamine groups is 2. The number of halogens is 3. The van der Waals surface area contributed by atoms with Crippen LogP contribution in [0, 0.1) is 17.0 Å². The fraction of sp³-hybridized carbons (Fsp3) is 0.517. The van der Waals surface area contributed by atoms with E-state index in [4.69, 9.17) is 0 Å². The van der Waals surface area contributed by atoms with E-state index in [0.29, 0.717) is 5.56 Å². The third-order valence-corrected chi connectivity index (χ3v) is 5.84. The minimum Gasteiger partial charge on any atom is -0.785 e. The Labute approximate surface area is 203 Å². The van der Waals surface area contributed by atoms with Crippen molar-refractivity contribution < 1.29 is 13.2 Å². The fourth-order valence-corrected chi connectivity index (χ4v) is 3.82. The third kappa shape index (κ3) is 11.7. The first-order valence-electron chi connectivity index (χ1n) is 12.5. The molecule has 0 amide bonds. The maximum absolute atomic E-state index is 12.6. The molecule has 2 aromatic carbocycles. The fourth-order valence-electron chi connectivity index (χ4n) is 3.82. The molecule has 34 heavy (non-hydrogen) atoms. The molecule has 0 aliphatic carbocycles. The number of unbranched alkanes of at least 4 members (excludes halogenated alkanes) is 10. The first-order chi connectivity index (χ1) is 16.4. The number of rotatable bonds is 14. The van der Waals surface area contributed by atoms with Gasteiger partial charge in [-0.3, -0.25) is 0 Å². The van der Waals surface area contributed by atoms with Crippen molar-refractivity contribution in [1.82, 2.24) is 5.06 Å². The highest BCUT2D eigenvalue weighted by atomic mass is 19.4. The van der Waals surface area contributed by atoms with E-state index in [1.165, 1.54) is 69.9 Å². The Morgan fingerprint density at radius 3 is 1.68 bits per heavy atom. The predicted octanol–water partition coefficient (Wildman–Crippen LogP) is 8.87. The number of benzene rings is 2. The Bertz CT molecular complexity index is 863. The van der Waals surface area contributed by atoms with Crippen LogP contribution in [0.3, 0.4) is 0 Å². The Balaban J connectivity index is 1.62. The number of hydrogen-bond donors (Lipinski definition) is 0. The monoisotopic (exact) mass is 472 g/mol. The molecule has 0 aliphatic heterocycles. The maximum atomic E-state index is 12.6. The lowest BCUT2D eigenvalue weighted by Gasteiger charge is -2.28. The maximum Gasteiger partial charge on any atom is 0.416 e. The summed E-state index contributed by atoms with van der Waals surface area (Å²) in [6, 6.07) is 12.3. The van der Waals surface area contributed by atoms with Gasteiger partial charge in [0.05, 0.1) is 5.56 Å². The molecule has 2 nitrogen and oxygen atoms in total. The molecule has 2 rings (SSSR count). The molecule has 0 spiro atoms. The van der Waals surface area contributed by atoms with Gasteiger partial charge in [0.25, 0.3) is 0 Å². The smallest absolute Gasteiger partial charge is 0.416 e. The summed E-state index contributed by atoms with van der Waals surface area (Å²) in [6.07, 6.45) is 9.68. The van der Waals surface area contributed by atoms with E-state index in [1.807, 2.05) is 24.3 Å². The molecule has 0 aromatic heterocycles. The van der Waals surface area contributed by atoms with Crippen LogP contribution >= 0.6 is 0 Å². The van der Waals surface area contributed by atoms with Gasteiger partial charge in [-0.1, -0.05) is 101 Å². The minimum atomic E-state index is -4.37. The summed E-state index contributed by atoms with van der Waals surface area (Å²) >= 11 is 0. The molecule has 0 bridgehead atoms. The highest BCUT2D eigenvalue weighted by molar-refractivity contribution is 5.36. The van der Waals surface area contributed by atoms with Crippen LogP contribution in [0.25, 0.3) is 0 Å². The lowest BCUT2D eigenvalue weighted by atomic mass is 10.1. The SMILES string of the molecule is CCCCCCCCCCCCC#Cc1ccc(CN([O-])Cc2ccc(C(F)(F)F)cc2)cc1. The third-order valence-electron chi connectivity index (χ3n) is 5.84. The van der Waals surface area contributed by atoms with Crippen molar-refractivity contribution in [2.45, 2.75) is 96.8 Å². The molecule has 0 aliphatic rings. The lowest BCUT2D eigenvalue weighted by molar-refractivity contribution is -0.137. The van der Waals surface area contributed by atoms with E-state index in [2.05, 4.69) is 18.8 Å². The zero-order valence-corrected chi connectivity index (χ0v) is 20.3. The topological polar surface area (TPSA) is 26.3 Å². The van der Waals surface area contributed by atoms with Crippen molar-refractivity contribution in [3.8, 4) is 11.8 Å². The van der Waals surface area contributed by atoms with Gasteiger partial charge < -0.3 is 10.3 Å². The van der Waals surface area contributed by atoms with Gasteiger partial charge in [0, 0.05) is 25.1 Å². The number of alkyl halides is 3. The van der Waals surface area contributed by atoms with Gasteiger partial charge in [0.1, 0.15) is 0 Å². The number of nitrogens with zero attached hydrogens (tertiary/aromatic N) is 1. The summed E-state index contributed by atoms with van der Waals surface area (Å²) in [5.41, 5.74) is 1.62. The Morgan fingerprint density at radius 1 is 0.706 bits per heavy atom. The zero-order valence-electron chi connectivity index (χ0n) is 20.3. The minimum absolute atomic E-state index is 0.0402. The van der Waals surface area contributed by atoms with Crippen LogP contribution in [-0.2, 0) is 19.3 Å². The highest BCUT2D eigenvalue weighted by Crippen LogP contribution is 2.29. The Morgan fingerprint density at radius 2 is 1.18 bits per heavy atom. The molecule has 0 fully saturated rings. The van der Waals surface area contributed by atoms with Gasteiger partial charge >= 0.3 is 6.18 Å². The van der Waals surface area contributed by atoms with Crippen molar-refractivity contribution >= 4 is 0 Å². The molecule has 2 aromatic rings. The van der Waals surface area contributed by atoms with Gasteiger partial charge in [0.15, 0.2) is 0 Å². The second-order valence-corrected chi connectivity index (χ2v) is 8.92. The molecule has 0 heterocycles. The van der Waals surface area contributed by atoms with Crippen molar-refractivity contribution in [1.29, 1.82) is 0 Å². The normalized spacial score (nSPS) is 11.5. The van der Waals surface area contributed by atoms with Crippen LogP contribution in [0.4, 0.5) is 13.2 Å². The average Bonchev–Trinajstić information content (AvgIpc) is 2.80. The van der Waals surface area contributed by atoms with Crippen LogP contribution in [0.5, 0.6) is 0 Å². The van der Waals surface area contributed by atoms with Crippen molar-refractivity contribution in [2.75, 3.05) is 0 Å². The van der Waals surface area contributed by atoms with E-state index in [9.17, 15) is 18.4 Å². The highest BCUT2D eigenvalue weighted by Gasteiger charge is 2.29. The largest absolute Gasteiger partial charge is 0.785 e. The van der Waals surface area contributed by atoms with Crippen molar-refractivity contribution in [3.05, 3.63) is 76.0 Å². The summed E-state index contributed by atoms with van der Waals surface area (Å²) in [6.45, 7) is 2.46. The molecule has 186 valence electrons. The van der Waals surface area contributed by atoms with Crippen molar-refractivity contribution in [2.24, 2.45) is 0 Å². The van der Waals surface area contributed by atoms with Crippen molar-refractivity contribution in [3.63, 3.8) is 0 Å². The molecule has 5 heteroatoms. The summed E-state index contributed by atoms with van der Waals surface area (Å²) in [5, 5.41) is 13.1. The van der Waals surface area contributed by atoms with Crippen LogP contribution < -0.4 is 0 Å². The van der Waals surface area contributed by atoms with Gasteiger partial charge in [-0.05, 0) is 41.8 Å². The second-order valence-electron chi connectivity index (χ2n) is 8.92. The van der Waals surface area contributed by atoms with Gasteiger partial charge in [-0.15, -0.1) is 0 Å². The van der Waals surface area contributed by atoms with Crippen LogP contribution in [0.1, 0.15) is 99.8 Å². The molecular formula is C29H37F3NO-. The standard InChI is InChI=1S/C29H37F3NO/c1-2-3-4-5-6-7-8-9-10-11-12-13-14-25-15-17-26(18-16-25)23-33(34)24-27-19-21-28(22-20-27)29(30,31)32/h15-22H,2-12,23-24H2,1H3/q-1. The second kappa shape index (κ2) is 15.6. The summed E-state index contributed by atoms with van der Waals surface area (Å²) in [7, 11) is 0. The molecule has 0 saturated carbocycles. The number of hydrogen-bond acceptors (Lipinski definition) is 2. The quantitative estimate of drug-likeness (QED) is 0.156.